The number of amides is 1. The molecule has 0 aliphatic carbocycles. The van der Waals surface area contributed by atoms with Crippen molar-refractivity contribution in [2.75, 3.05) is 13.1 Å². The number of carbonyl (C=O) groups excluding carboxylic acids is 1. The van der Waals surface area contributed by atoms with Crippen molar-refractivity contribution in [1.82, 2.24) is 14.8 Å². The number of benzene rings is 1. The highest BCUT2D eigenvalue weighted by Gasteiger charge is 2.39. The van der Waals surface area contributed by atoms with Gasteiger partial charge in [-0.1, -0.05) is 18.2 Å². The first-order valence-corrected chi connectivity index (χ1v) is 8.94. The Bertz CT molecular complexity index is 736. The summed E-state index contributed by atoms with van der Waals surface area (Å²) in [6.45, 7) is 6.09. The summed E-state index contributed by atoms with van der Waals surface area (Å²) in [5.41, 5.74) is 4.13. The highest BCUT2D eigenvalue weighted by Crippen LogP contribution is 2.31. The molecule has 2 fully saturated rings. The molecular weight excluding hydrogens is 298 g/mol. The number of para-hydroxylation sites is 1. The number of hydrogen-bond acceptors (Lipinski definition) is 2. The predicted molar refractivity (Wildman–Crippen MR) is 95.7 cm³/mol. The fourth-order valence-electron chi connectivity index (χ4n) is 4.41. The Labute approximate surface area is 143 Å². The highest BCUT2D eigenvalue weighted by molar-refractivity contribution is 5.96. The molecule has 1 aromatic carbocycles. The van der Waals surface area contributed by atoms with Crippen LogP contribution in [-0.2, 0) is 0 Å². The van der Waals surface area contributed by atoms with Crippen molar-refractivity contribution < 1.29 is 4.79 Å². The van der Waals surface area contributed by atoms with Crippen LogP contribution in [0.15, 0.2) is 36.4 Å². The van der Waals surface area contributed by atoms with E-state index in [1.165, 1.54) is 0 Å². The van der Waals surface area contributed by atoms with Gasteiger partial charge in [0.1, 0.15) is 0 Å². The van der Waals surface area contributed by atoms with Gasteiger partial charge < -0.3 is 14.8 Å². The van der Waals surface area contributed by atoms with Crippen LogP contribution in [0.1, 0.15) is 41.0 Å². The molecular formula is C20H25N3O. The first-order valence-electron chi connectivity index (χ1n) is 8.94. The molecule has 2 aromatic rings. The van der Waals surface area contributed by atoms with Crippen LogP contribution in [-0.4, -0.2) is 40.5 Å². The highest BCUT2D eigenvalue weighted by atomic mass is 16.2. The van der Waals surface area contributed by atoms with Crippen LogP contribution in [0, 0.1) is 13.8 Å². The molecule has 2 bridgehead atoms. The van der Waals surface area contributed by atoms with Crippen LogP contribution in [0.25, 0.3) is 5.69 Å². The van der Waals surface area contributed by atoms with E-state index in [-0.39, 0.29) is 5.91 Å². The lowest BCUT2D eigenvalue weighted by Gasteiger charge is -2.28. The summed E-state index contributed by atoms with van der Waals surface area (Å²) in [5.74, 6) is 0.210. The molecule has 1 N–H and O–H groups in total. The third kappa shape index (κ3) is 2.46. The average molecular weight is 323 g/mol. The van der Waals surface area contributed by atoms with Gasteiger partial charge in [-0.25, -0.2) is 0 Å². The number of carbonyl (C=O) groups is 1. The van der Waals surface area contributed by atoms with Crippen molar-refractivity contribution in [2.45, 2.75) is 45.2 Å². The summed E-state index contributed by atoms with van der Waals surface area (Å²) in [4.78, 5) is 15.5. The van der Waals surface area contributed by atoms with Crippen LogP contribution in [0.5, 0.6) is 0 Å². The minimum atomic E-state index is 0.210. The molecule has 2 aliphatic heterocycles. The average Bonchev–Trinajstić information content (AvgIpc) is 3.02. The first kappa shape index (κ1) is 15.5. The van der Waals surface area contributed by atoms with Crippen molar-refractivity contribution in [1.29, 1.82) is 0 Å². The quantitative estimate of drug-likeness (QED) is 0.922. The summed E-state index contributed by atoms with van der Waals surface area (Å²) in [5, 5.41) is 3.47. The zero-order valence-electron chi connectivity index (χ0n) is 14.5. The second-order valence-electron chi connectivity index (χ2n) is 7.05. The maximum atomic E-state index is 13.3. The molecule has 2 unspecified atom stereocenters. The molecule has 24 heavy (non-hydrogen) atoms. The lowest BCUT2D eigenvalue weighted by atomic mass is 10.1. The topological polar surface area (TPSA) is 37.3 Å². The molecule has 0 spiro atoms. The molecule has 2 aliphatic rings. The van der Waals surface area contributed by atoms with E-state index in [4.69, 9.17) is 0 Å². The number of aryl methyl sites for hydroxylation is 1. The van der Waals surface area contributed by atoms with Crippen LogP contribution >= 0.6 is 0 Å². The Morgan fingerprint density at radius 1 is 1.08 bits per heavy atom. The van der Waals surface area contributed by atoms with Gasteiger partial charge in [0.25, 0.3) is 5.91 Å². The molecule has 0 saturated carbocycles. The number of nitrogens with one attached hydrogen (secondary N) is 1. The lowest BCUT2D eigenvalue weighted by Crippen LogP contribution is -2.42. The van der Waals surface area contributed by atoms with Crippen LogP contribution < -0.4 is 5.32 Å². The van der Waals surface area contributed by atoms with E-state index in [0.717, 1.165) is 55.0 Å². The molecule has 3 heterocycles. The van der Waals surface area contributed by atoms with E-state index in [1.807, 2.05) is 18.2 Å². The van der Waals surface area contributed by atoms with Gasteiger partial charge in [0.15, 0.2) is 0 Å². The summed E-state index contributed by atoms with van der Waals surface area (Å²) in [6.07, 6.45) is 3.34. The van der Waals surface area contributed by atoms with E-state index < -0.39 is 0 Å². The maximum Gasteiger partial charge on any atom is 0.256 e. The number of hydrogen-bond donors (Lipinski definition) is 1. The first-order chi connectivity index (χ1) is 11.7. The number of nitrogens with zero attached hydrogens (tertiary/aromatic N) is 2. The van der Waals surface area contributed by atoms with E-state index in [9.17, 15) is 4.79 Å². The fourth-order valence-corrected chi connectivity index (χ4v) is 4.41. The Morgan fingerprint density at radius 2 is 1.83 bits per heavy atom. The van der Waals surface area contributed by atoms with Crippen molar-refractivity contribution in [3.8, 4) is 5.69 Å². The summed E-state index contributed by atoms with van der Waals surface area (Å²) in [6, 6.07) is 13.1. The molecule has 1 aromatic heterocycles. The largest absolute Gasteiger partial charge is 0.331 e. The van der Waals surface area contributed by atoms with Crippen LogP contribution in [0.3, 0.4) is 0 Å². The van der Waals surface area contributed by atoms with Crippen molar-refractivity contribution >= 4 is 5.91 Å². The van der Waals surface area contributed by atoms with Gasteiger partial charge in [0.2, 0.25) is 0 Å². The molecule has 4 rings (SSSR count). The van der Waals surface area contributed by atoms with Crippen molar-refractivity contribution in [2.24, 2.45) is 0 Å². The molecule has 4 heteroatoms. The minimum Gasteiger partial charge on any atom is -0.331 e. The maximum absolute atomic E-state index is 13.3. The molecule has 2 atom stereocenters. The zero-order valence-corrected chi connectivity index (χ0v) is 14.5. The number of rotatable bonds is 2. The van der Waals surface area contributed by atoms with Gasteiger partial charge in [-0.05, 0) is 57.9 Å². The summed E-state index contributed by atoms with van der Waals surface area (Å²) in [7, 11) is 0. The fraction of sp³-hybridized carbons (Fsp3) is 0.450. The van der Waals surface area contributed by atoms with Crippen molar-refractivity contribution in [3.63, 3.8) is 0 Å². The molecule has 126 valence electrons. The van der Waals surface area contributed by atoms with Crippen molar-refractivity contribution in [3.05, 3.63) is 53.3 Å². The van der Waals surface area contributed by atoms with E-state index in [2.05, 4.69) is 46.8 Å². The third-order valence-corrected chi connectivity index (χ3v) is 5.56. The molecule has 0 radical (unpaired) electrons. The Kier molecular flexibility index (Phi) is 3.93. The SMILES string of the molecule is Cc1cc(C(=O)N2C3CCNCC2CC3)c(C)n1-c1ccccc1. The molecule has 2 saturated heterocycles. The number of aromatic nitrogens is 1. The normalized spacial score (nSPS) is 23.3. The van der Waals surface area contributed by atoms with Gasteiger partial charge in [-0.3, -0.25) is 4.79 Å². The molecule has 4 nitrogen and oxygen atoms in total. The smallest absolute Gasteiger partial charge is 0.256 e. The van der Waals surface area contributed by atoms with Gasteiger partial charge in [0, 0.05) is 35.7 Å². The predicted octanol–water partition coefficient (Wildman–Crippen LogP) is 3.06. The van der Waals surface area contributed by atoms with E-state index in [0.29, 0.717) is 12.1 Å². The van der Waals surface area contributed by atoms with Gasteiger partial charge in [-0.2, -0.15) is 0 Å². The number of fused-ring (bicyclic) bond motifs is 2. The Balaban J connectivity index is 1.71. The third-order valence-electron chi connectivity index (χ3n) is 5.56. The van der Waals surface area contributed by atoms with Gasteiger partial charge in [-0.15, -0.1) is 0 Å². The minimum absolute atomic E-state index is 0.210. The van der Waals surface area contributed by atoms with Crippen LogP contribution in [0.2, 0.25) is 0 Å². The summed E-state index contributed by atoms with van der Waals surface area (Å²) < 4.78 is 2.19. The zero-order chi connectivity index (χ0) is 16.7. The Morgan fingerprint density at radius 3 is 2.62 bits per heavy atom. The molecule has 1 amide bonds. The summed E-state index contributed by atoms with van der Waals surface area (Å²) >= 11 is 0. The van der Waals surface area contributed by atoms with Gasteiger partial charge >= 0.3 is 0 Å². The monoisotopic (exact) mass is 323 g/mol. The Hall–Kier alpha value is -2.07. The van der Waals surface area contributed by atoms with E-state index in [1.54, 1.807) is 0 Å². The second-order valence-corrected chi connectivity index (χ2v) is 7.05. The van der Waals surface area contributed by atoms with Crippen LogP contribution in [0.4, 0.5) is 0 Å². The lowest BCUT2D eigenvalue weighted by molar-refractivity contribution is 0.0679. The van der Waals surface area contributed by atoms with E-state index >= 15 is 0 Å². The van der Waals surface area contributed by atoms with Gasteiger partial charge in [0.05, 0.1) is 5.56 Å². The standard InChI is InChI=1S/C20H25N3O/c1-14-12-19(15(2)22(14)16-6-4-3-5-7-16)20(24)23-17-8-9-18(23)13-21-11-10-17/h3-7,12,17-18,21H,8-11,13H2,1-2H3. The second kappa shape index (κ2) is 6.10.